The number of hydrogen-bond acceptors (Lipinski definition) is 5. The van der Waals surface area contributed by atoms with Gasteiger partial charge in [0.15, 0.2) is 0 Å². The molecule has 1 aliphatic heterocycles. The summed E-state index contributed by atoms with van der Waals surface area (Å²) < 4.78 is 51.9. The Bertz CT molecular complexity index is 1470. The van der Waals surface area contributed by atoms with Gasteiger partial charge in [-0.15, -0.1) is 0 Å². The Balaban J connectivity index is 1.72. The summed E-state index contributed by atoms with van der Waals surface area (Å²) in [7, 11) is 2.93. The molecule has 0 spiro atoms. The number of aryl methyl sites for hydroxylation is 1. The van der Waals surface area contributed by atoms with E-state index in [1.54, 1.807) is 43.0 Å². The number of cyclic esters (lactones) is 1. The van der Waals surface area contributed by atoms with E-state index < -0.39 is 48.4 Å². The number of carbonyl (C=O) groups excluding carboxylic acids is 2. The smallest absolute Gasteiger partial charge is 0.416 e. The third-order valence-corrected chi connectivity index (χ3v) is 8.17. The first-order valence-corrected chi connectivity index (χ1v) is 14.0. The number of allylic oxidation sites excluding steroid dienone is 1. The summed E-state index contributed by atoms with van der Waals surface area (Å²) in [5.74, 6) is -1.06. The minimum absolute atomic E-state index is 0.0916. The van der Waals surface area contributed by atoms with Crippen molar-refractivity contribution in [2.75, 3.05) is 27.2 Å². The van der Waals surface area contributed by atoms with Crippen LogP contribution in [0.5, 0.6) is 5.75 Å². The Morgan fingerprint density at radius 2 is 1.88 bits per heavy atom. The number of alkyl halides is 3. The Labute approximate surface area is 249 Å². The number of hydrogen-bond donors (Lipinski definition) is 1. The maximum atomic E-state index is 13.5. The quantitative estimate of drug-likeness (QED) is 0.360. The van der Waals surface area contributed by atoms with Gasteiger partial charge in [0.05, 0.1) is 18.7 Å². The molecule has 0 bridgehead atoms. The number of carboxylic acid groups (broad SMARTS) is 1. The first-order valence-electron chi connectivity index (χ1n) is 14.0. The number of rotatable bonds is 8. The van der Waals surface area contributed by atoms with Crippen LogP contribution in [0.2, 0.25) is 0 Å². The number of nitrogens with zero attached hydrogens (tertiary/aromatic N) is 2. The number of likely N-dealkylation sites (N-methyl/N-ethyl adjacent to an activating group) is 1. The first-order chi connectivity index (χ1) is 20.0. The molecule has 0 radical (unpaired) electrons. The number of ether oxygens (including phenoxy) is 2. The molecule has 2 atom stereocenters. The van der Waals surface area contributed by atoms with Gasteiger partial charge >= 0.3 is 18.2 Å². The summed E-state index contributed by atoms with van der Waals surface area (Å²) in [5, 5.41) is 9.12. The summed E-state index contributed by atoms with van der Waals surface area (Å²) >= 11 is 0. The van der Waals surface area contributed by atoms with Gasteiger partial charge in [-0.05, 0) is 85.6 Å². The lowest BCUT2D eigenvalue weighted by molar-refractivity contribution is -0.138. The van der Waals surface area contributed by atoms with Crippen LogP contribution in [0.3, 0.4) is 0 Å². The molecule has 8 nitrogen and oxygen atoms in total. The lowest BCUT2D eigenvalue weighted by Gasteiger charge is -2.36. The van der Waals surface area contributed by atoms with Gasteiger partial charge < -0.3 is 19.5 Å². The Morgan fingerprint density at radius 3 is 2.51 bits per heavy atom. The molecule has 1 aliphatic carbocycles. The largest absolute Gasteiger partial charge is 0.496 e. The fraction of sp³-hybridized carbons (Fsp3) is 0.469. The number of amides is 2. The third kappa shape index (κ3) is 6.97. The van der Waals surface area contributed by atoms with Gasteiger partial charge in [0.25, 0.3) is 5.91 Å². The molecule has 1 saturated heterocycles. The molecule has 0 unspecified atom stereocenters. The second-order valence-electron chi connectivity index (χ2n) is 12.2. The van der Waals surface area contributed by atoms with Gasteiger partial charge in [-0.25, -0.2) is 4.79 Å². The van der Waals surface area contributed by atoms with E-state index in [9.17, 15) is 27.6 Å². The maximum Gasteiger partial charge on any atom is 0.416 e. The predicted molar refractivity (Wildman–Crippen MR) is 154 cm³/mol. The highest BCUT2D eigenvalue weighted by Gasteiger charge is 2.42. The molecule has 232 valence electrons. The highest BCUT2D eigenvalue weighted by molar-refractivity contribution is 5.97. The first kappa shape index (κ1) is 31.9. The van der Waals surface area contributed by atoms with Crippen LogP contribution < -0.4 is 4.74 Å². The number of carbonyl (C=O) groups is 3. The SMILES string of the molecule is COc1ccc(C(=O)N(C)CC(=O)O)cc1C1=C(CN2C(=O)O[C@H](c3cc(C)cc(C(F)(F)F)c3)[C@@H]2C)CC(C)(C)CC1. The van der Waals surface area contributed by atoms with Gasteiger partial charge in [0, 0.05) is 24.7 Å². The van der Waals surface area contributed by atoms with Crippen molar-refractivity contribution < 1.29 is 42.1 Å². The average molecular weight is 603 g/mol. The maximum absolute atomic E-state index is 13.5. The lowest BCUT2D eigenvalue weighted by Crippen LogP contribution is -2.35. The van der Waals surface area contributed by atoms with Crippen LogP contribution in [0.15, 0.2) is 42.0 Å². The monoisotopic (exact) mass is 602 g/mol. The molecule has 43 heavy (non-hydrogen) atoms. The van der Waals surface area contributed by atoms with Gasteiger partial charge in [0.2, 0.25) is 0 Å². The minimum Gasteiger partial charge on any atom is -0.496 e. The minimum atomic E-state index is -4.53. The average Bonchev–Trinajstić information content (AvgIpc) is 3.19. The molecule has 1 fully saturated rings. The van der Waals surface area contributed by atoms with E-state index in [2.05, 4.69) is 13.8 Å². The van der Waals surface area contributed by atoms with Crippen LogP contribution in [0.4, 0.5) is 18.0 Å². The van der Waals surface area contributed by atoms with Gasteiger partial charge in [-0.2, -0.15) is 13.2 Å². The second-order valence-corrected chi connectivity index (χ2v) is 12.2. The van der Waals surface area contributed by atoms with Gasteiger partial charge in [-0.1, -0.05) is 25.5 Å². The van der Waals surface area contributed by atoms with Crippen molar-refractivity contribution in [1.82, 2.24) is 9.80 Å². The van der Waals surface area contributed by atoms with Crippen LogP contribution in [-0.2, 0) is 15.7 Å². The summed E-state index contributed by atoms with van der Waals surface area (Å²) in [6.45, 7) is 7.32. The van der Waals surface area contributed by atoms with E-state index in [1.165, 1.54) is 14.2 Å². The molecule has 1 heterocycles. The number of halogens is 3. The van der Waals surface area contributed by atoms with Crippen molar-refractivity contribution in [3.05, 3.63) is 69.8 Å². The van der Waals surface area contributed by atoms with Crippen molar-refractivity contribution >= 4 is 23.5 Å². The zero-order chi connectivity index (χ0) is 31.9. The number of benzene rings is 2. The van der Waals surface area contributed by atoms with E-state index in [0.29, 0.717) is 35.3 Å². The molecule has 0 saturated carbocycles. The highest BCUT2D eigenvalue weighted by Crippen LogP contribution is 2.46. The van der Waals surface area contributed by atoms with E-state index >= 15 is 0 Å². The van der Waals surface area contributed by atoms with E-state index in [-0.39, 0.29) is 17.5 Å². The number of aliphatic carboxylic acids is 1. The number of methoxy groups -OCH3 is 1. The molecule has 1 N–H and O–H groups in total. The van der Waals surface area contributed by atoms with Gasteiger partial charge in [-0.3, -0.25) is 14.5 Å². The highest BCUT2D eigenvalue weighted by atomic mass is 19.4. The zero-order valence-electron chi connectivity index (χ0n) is 25.2. The fourth-order valence-electron chi connectivity index (χ4n) is 5.97. The zero-order valence-corrected chi connectivity index (χ0v) is 25.2. The molecular formula is C32H37F3N2O6. The second kappa shape index (κ2) is 11.9. The summed E-state index contributed by atoms with van der Waals surface area (Å²) in [4.78, 5) is 40.0. The van der Waals surface area contributed by atoms with Crippen molar-refractivity contribution in [1.29, 1.82) is 0 Å². The molecule has 2 aromatic carbocycles. The Kier molecular flexibility index (Phi) is 8.85. The Hall–Kier alpha value is -4.02. The normalized spacial score (nSPS) is 20.2. The van der Waals surface area contributed by atoms with Crippen molar-refractivity contribution in [3.63, 3.8) is 0 Å². The van der Waals surface area contributed by atoms with Gasteiger partial charge in [0.1, 0.15) is 18.4 Å². The molecular weight excluding hydrogens is 565 g/mol. The molecule has 11 heteroatoms. The van der Waals surface area contributed by atoms with E-state index in [0.717, 1.165) is 34.6 Å². The van der Waals surface area contributed by atoms with Crippen LogP contribution in [0.25, 0.3) is 5.57 Å². The van der Waals surface area contributed by atoms with Crippen LogP contribution >= 0.6 is 0 Å². The molecule has 2 amide bonds. The standard InChI is InChI=1S/C32H37F3N2O6/c1-18-11-21(13-23(12-18)32(33,34)35)28-19(2)37(30(41)43-28)16-22-15-31(3,4)10-9-24(22)25-14-20(7-8-26(25)42-6)29(40)36(5)17-27(38)39/h7-8,11-14,19,28H,9-10,15-17H2,1-6H3,(H,38,39)/t19-,28-/m0/s1. The summed E-state index contributed by atoms with van der Waals surface area (Å²) in [5.41, 5.74) is 2.63. The van der Waals surface area contributed by atoms with Crippen LogP contribution in [0.1, 0.15) is 78.7 Å². The molecule has 4 rings (SSSR count). The molecule has 0 aromatic heterocycles. The van der Waals surface area contributed by atoms with Crippen molar-refractivity contribution in [3.8, 4) is 5.75 Å². The molecule has 2 aliphatic rings. The van der Waals surface area contributed by atoms with Crippen LogP contribution in [0, 0.1) is 12.3 Å². The lowest BCUT2D eigenvalue weighted by atomic mass is 9.72. The summed E-state index contributed by atoms with van der Waals surface area (Å²) in [6, 6.07) is 8.10. The topological polar surface area (TPSA) is 96.4 Å². The van der Waals surface area contributed by atoms with E-state index in [4.69, 9.17) is 14.6 Å². The van der Waals surface area contributed by atoms with E-state index in [1.807, 2.05) is 0 Å². The van der Waals surface area contributed by atoms with Crippen LogP contribution in [-0.4, -0.2) is 66.2 Å². The predicted octanol–water partition coefficient (Wildman–Crippen LogP) is 6.72. The fourth-order valence-corrected chi connectivity index (χ4v) is 5.97. The van der Waals surface area contributed by atoms with Crippen molar-refractivity contribution in [2.45, 2.75) is 65.3 Å². The summed E-state index contributed by atoms with van der Waals surface area (Å²) in [6.07, 6.45) is -3.93. The third-order valence-electron chi connectivity index (χ3n) is 8.17. The molecule has 2 aromatic rings. The Morgan fingerprint density at radius 1 is 1.19 bits per heavy atom. The van der Waals surface area contributed by atoms with Crippen molar-refractivity contribution in [2.24, 2.45) is 5.41 Å². The number of carboxylic acids is 1.